The van der Waals surface area contributed by atoms with Gasteiger partial charge in [0.25, 0.3) is 0 Å². The van der Waals surface area contributed by atoms with Crippen molar-refractivity contribution in [2.75, 3.05) is 6.54 Å². The zero-order valence-electron chi connectivity index (χ0n) is 14.8. The number of nitrogens with zero attached hydrogens (tertiary/aromatic N) is 1. The summed E-state index contributed by atoms with van der Waals surface area (Å²) < 4.78 is 26.2. The van der Waals surface area contributed by atoms with Crippen molar-refractivity contribution < 1.29 is 18.4 Å². The largest absolute Gasteiger partial charge is 0.355 e. The van der Waals surface area contributed by atoms with Crippen LogP contribution < -0.4 is 5.32 Å². The maximum absolute atomic E-state index is 13.1. The summed E-state index contributed by atoms with van der Waals surface area (Å²) in [5.41, 5.74) is 1.37. The minimum absolute atomic E-state index is 0.0468. The fourth-order valence-electron chi connectivity index (χ4n) is 2.57. The highest BCUT2D eigenvalue weighted by molar-refractivity contribution is 5.88. The highest BCUT2D eigenvalue weighted by atomic mass is 19.1. The van der Waals surface area contributed by atoms with Crippen molar-refractivity contribution in [3.05, 3.63) is 71.3 Å². The highest BCUT2D eigenvalue weighted by Gasteiger charge is 2.25. The molecule has 2 amide bonds. The molecule has 1 N–H and O–H groups in total. The highest BCUT2D eigenvalue weighted by Crippen LogP contribution is 2.13. The molecule has 138 valence electrons. The maximum atomic E-state index is 13.1. The van der Waals surface area contributed by atoms with Crippen LogP contribution >= 0.6 is 0 Å². The second-order valence-corrected chi connectivity index (χ2v) is 6.02. The molecule has 2 aromatic rings. The van der Waals surface area contributed by atoms with E-state index >= 15 is 0 Å². The fourth-order valence-corrected chi connectivity index (χ4v) is 2.57. The lowest BCUT2D eigenvalue weighted by atomic mass is 10.1. The van der Waals surface area contributed by atoms with Crippen LogP contribution in [0.2, 0.25) is 0 Å². The first-order chi connectivity index (χ1) is 12.4. The Kier molecular flexibility index (Phi) is 6.83. The van der Waals surface area contributed by atoms with Gasteiger partial charge in [-0.15, -0.1) is 0 Å². The first-order valence-corrected chi connectivity index (χ1v) is 8.46. The lowest BCUT2D eigenvalue weighted by Crippen LogP contribution is -2.48. The minimum Gasteiger partial charge on any atom is -0.355 e. The van der Waals surface area contributed by atoms with Gasteiger partial charge in [0.1, 0.15) is 17.7 Å². The Morgan fingerprint density at radius 1 is 0.962 bits per heavy atom. The van der Waals surface area contributed by atoms with Crippen LogP contribution in [0.25, 0.3) is 0 Å². The van der Waals surface area contributed by atoms with Gasteiger partial charge in [-0.25, -0.2) is 8.78 Å². The summed E-state index contributed by atoms with van der Waals surface area (Å²) in [6, 6.07) is 10.8. The van der Waals surface area contributed by atoms with Gasteiger partial charge < -0.3 is 10.2 Å². The van der Waals surface area contributed by atoms with E-state index in [1.54, 1.807) is 38.1 Å². The number of carbonyl (C=O) groups excluding carboxylic acids is 2. The van der Waals surface area contributed by atoms with Crippen molar-refractivity contribution >= 4 is 11.8 Å². The van der Waals surface area contributed by atoms with Gasteiger partial charge in [-0.3, -0.25) is 9.59 Å². The number of carbonyl (C=O) groups is 2. The molecule has 0 saturated carbocycles. The molecule has 4 nitrogen and oxygen atoms in total. The Balaban J connectivity index is 2.20. The van der Waals surface area contributed by atoms with Gasteiger partial charge in [-0.1, -0.05) is 24.3 Å². The summed E-state index contributed by atoms with van der Waals surface area (Å²) in [7, 11) is 0. The molecule has 0 spiro atoms. The Bertz CT molecular complexity index is 745. The molecule has 0 heterocycles. The summed E-state index contributed by atoms with van der Waals surface area (Å²) in [6.07, 6.45) is 0.0468. The van der Waals surface area contributed by atoms with E-state index in [0.717, 1.165) is 5.56 Å². The molecule has 0 radical (unpaired) electrons. The zero-order chi connectivity index (χ0) is 19.1. The Labute approximate surface area is 151 Å². The van der Waals surface area contributed by atoms with Crippen LogP contribution in [0, 0.1) is 11.6 Å². The van der Waals surface area contributed by atoms with Crippen molar-refractivity contribution in [2.45, 2.75) is 32.9 Å². The number of hydrogen-bond acceptors (Lipinski definition) is 2. The van der Waals surface area contributed by atoms with E-state index in [1.807, 2.05) is 0 Å². The molecule has 0 aliphatic heterocycles. The SMILES string of the molecule is CCNC(=O)C(C)N(Cc1ccc(F)cc1)C(=O)Cc1ccc(F)cc1. The average Bonchev–Trinajstić information content (AvgIpc) is 2.62. The number of rotatable bonds is 7. The number of halogens is 2. The van der Waals surface area contributed by atoms with E-state index < -0.39 is 6.04 Å². The molecule has 0 aliphatic rings. The molecular weight excluding hydrogens is 338 g/mol. The van der Waals surface area contributed by atoms with Crippen molar-refractivity contribution in [1.82, 2.24) is 10.2 Å². The second-order valence-electron chi connectivity index (χ2n) is 6.02. The van der Waals surface area contributed by atoms with Crippen molar-refractivity contribution in [2.24, 2.45) is 0 Å². The molecule has 1 unspecified atom stereocenters. The molecule has 0 aromatic heterocycles. The minimum atomic E-state index is -0.687. The standard InChI is InChI=1S/C20H22F2N2O2/c1-3-23-20(26)14(2)24(13-16-6-10-18(22)11-7-16)19(25)12-15-4-8-17(21)9-5-15/h4-11,14H,3,12-13H2,1-2H3,(H,23,26). The van der Waals surface area contributed by atoms with E-state index in [4.69, 9.17) is 0 Å². The van der Waals surface area contributed by atoms with Gasteiger partial charge >= 0.3 is 0 Å². The van der Waals surface area contributed by atoms with Crippen LogP contribution in [0.5, 0.6) is 0 Å². The topological polar surface area (TPSA) is 49.4 Å². The Morgan fingerprint density at radius 3 is 1.96 bits per heavy atom. The number of nitrogens with one attached hydrogen (secondary N) is 1. The zero-order valence-corrected chi connectivity index (χ0v) is 14.8. The third-order valence-corrected chi connectivity index (χ3v) is 4.05. The van der Waals surface area contributed by atoms with Crippen LogP contribution in [0.1, 0.15) is 25.0 Å². The predicted octanol–water partition coefficient (Wildman–Crippen LogP) is 3.06. The molecular formula is C20H22F2N2O2. The first-order valence-electron chi connectivity index (χ1n) is 8.46. The normalized spacial score (nSPS) is 11.7. The molecule has 0 fully saturated rings. The van der Waals surface area contributed by atoms with Gasteiger partial charge in [-0.2, -0.15) is 0 Å². The van der Waals surface area contributed by atoms with Crippen LogP contribution in [0.15, 0.2) is 48.5 Å². The summed E-state index contributed by atoms with van der Waals surface area (Å²) in [5, 5.41) is 2.70. The van der Waals surface area contributed by atoms with Crippen LogP contribution in [-0.4, -0.2) is 29.3 Å². The molecule has 0 saturated heterocycles. The van der Waals surface area contributed by atoms with Crippen molar-refractivity contribution in [1.29, 1.82) is 0 Å². The van der Waals surface area contributed by atoms with Gasteiger partial charge in [0.2, 0.25) is 11.8 Å². The Hall–Kier alpha value is -2.76. The van der Waals surface area contributed by atoms with Gasteiger partial charge in [0.15, 0.2) is 0 Å². The Morgan fingerprint density at radius 2 is 1.46 bits per heavy atom. The lowest BCUT2D eigenvalue weighted by Gasteiger charge is -2.28. The number of likely N-dealkylation sites (N-methyl/N-ethyl adjacent to an activating group) is 1. The first kappa shape index (κ1) is 19.6. The molecule has 26 heavy (non-hydrogen) atoms. The van der Waals surface area contributed by atoms with E-state index in [1.165, 1.54) is 29.2 Å². The van der Waals surface area contributed by atoms with E-state index in [0.29, 0.717) is 12.1 Å². The van der Waals surface area contributed by atoms with Crippen molar-refractivity contribution in [3.63, 3.8) is 0 Å². The second kappa shape index (κ2) is 9.08. The third kappa shape index (κ3) is 5.37. The van der Waals surface area contributed by atoms with Crippen molar-refractivity contribution in [3.8, 4) is 0 Å². The lowest BCUT2D eigenvalue weighted by molar-refractivity contribution is -0.140. The van der Waals surface area contributed by atoms with Crippen LogP contribution in [-0.2, 0) is 22.6 Å². The molecule has 0 bridgehead atoms. The van der Waals surface area contributed by atoms with Crippen LogP contribution in [0.3, 0.4) is 0 Å². The fraction of sp³-hybridized carbons (Fsp3) is 0.300. The summed E-state index contributed by atoms with van der Waals surface area (Å²) in [5.74, 6) is -1.27. The van der Waals surface area contributed by atoms with Gasteiger partial charge in [0.05, 0.1) is 6.42 Å². The number of benzene rings is 2. The van der Waals surface area contributed by atoms with E-state index in [9.17, 15) is 18.4 Å². The quantitative estimate of drug-likeness (QED) is 0.825. The smallest absolute Gasteiger partial charge is 0.242 e. The van der Waals surface area contributed by atoms with Crippen LogP contribution in [0.4, 0.5) is 8.78 Å². The molecule has 2 rings (SSSR count). The summed E-state index contributed by atoms with van der Waals surface area (Å²) >= 11 is 0. The van der Waals surface area contributed by atoms with E-state index in [2.05, 4.69) is 5.32 Å². The maximum Gasteiger partial charge on any atom is 0.242 e. The number of hydrogen-bond donors (Lipinski definition) is 1. The molecule has 6 heteroatoms. The number of amides is 2. The average molecular weight is 360 g/mol. The molecule has 2 aromatic carbocycles. The predicted molar refractivity (Wildman–Crippen MR) is 95.2 cm³/mol. The summed E-state index contributed by atoms with van der Waals surface area (Å²) in [6.45, 7) is 4.09. The van der Waals surface area contributed by atoms with Gasteiger partial charge in [-0.05, 0) is 49.2 Å². The van der Waals surface area contributed by atoms with Gasteiger partial charge in [0, 0.05) is 13.1 Å². The monoisotopic (exact) mass is 360 g/mol. The third-order valence-electron chi connectivity index (χ3n) is 4.05. The van der Waals surface area contributed by atoms with E-state index in [-0.39, 0.29) is 36.4 Å². The summed E-state index contributed by atoms with van der Waals surface area (Å²) in [4.78, 5) is 26.5. The molecule has 0 aliphatic carbocycles. The molecule has 1 atom stereocenters.